The molecule has 1 heterocycles. The normalized spacial score (nSPS) is 13.9. The maximum atomic E-state index is 10.9. The van der Waals surface area contributed by atoms with Crippen molar-refractivity contribution in [3.05, 3.63) is 18.5 Å². The fraction of sp³-hybridized carbons (Fsp3) is 0.333. The number of nitrogens with two attached hydrogens (primary N) is 1. The first kappa shape index (κ1) is 13.4. The van der Waals surface area contributed by atoms with Gasteiger partial charge >= 0.3 is 11.9 Å². The van der Waals surface area contributed by atoms with Crippen LogP contribution in [0.25, 0.3) is 0 Å². The van der Waals surface area contributed by atoms with Crippen molar-refractivity contribution >= 4 is 23.7 Å². The average molecular weight is 257 g/mol. The van der Waals surface area contributed by atoms with Crippen molar-refractivity contribution < 1.29 is 19.8 Å². The summed E-state index contributed by atoms with van der Waals surface area (Å²) < 4.78 is 0. The van der Waals surface area contributed by atoms with Gasteiger partial charge in [0.15, 0.2) is 5.16 Å². The van der Waals surface area contributed by atoms with E-state index < -0.39 is 23.2 Å². The van der Waals surface area contributed by atoms with Crippen molar-refractivity contribution in [3.63, 3.8) is 0 Å². The second-order valence-corrected chi connectivity index (χ2v) is 4.33. The molecular weight excluding hydrogens is 246 g/mol. The zero-order valence-electron chi connectivity index (χ0n) is 8.68. The number of nitrogens with zero attached hydrogens (tertiary/aromatic N) is 2. The smallest absolute Gasteiger partial charge is 0.320 e. The lowest BCUT2D eigenvalue weighted by Gasteiger charge is -2.13. The van der Waals surface area contributed by atoms with Gasteiger partial charge < -0.3 is 15.9 Å². The van der Waals surface area contributed by atoms with Gasteiger partial charge in [-0.1, -0.05) is 11.8 Å². The highest BCUT2D eigenvalue weighted by Crippen LogP contribution is 2.22. The van der Waals surface area contributed by atoms with Crippen LogP contribution in [0.15, 0.2) is 23.6 Å². The van der Waals surface area contributed by atoms with Crippen LogP contribution in [0.1, 0.15) is 6.42 Å². The van der Waals surface area contributed by atoms with Gasteiger partial charge in [-0.15, -0.1) is 0 Å². The van der Waals surface area contributed by atoms with Crippen LogP contribution in [0, 0.1) is 0 Å². The molecule has 2 atom stereocenters. The fourth-order valence-corrected chi connectivity index (χ4v) is 1.91. The molecule has 17 heavy (non-hydrogen) atoms. The summed E-state index contributed by atoms with van der Waals surface area (Å²) in [6.45, 7) is 0. The van der Waals surface area contributed by atoms with Crippen molar-refractivity contribution in [1.82, 2.24) is 9.97 Å². The Bertz CT molecular complexity index is 400. The predicted molar refractivity (Wildman–Crippen MR) is 59.5 cm³/mol. The highest BCUT2D eigenvalue weighted by Gasteiger charge is 2.26. The molecule has 0 aliphatic rings. The first-order chi connectivity index (χ1) is 8.00. The number of rotatable bonds is 6. The van der Waals surface area contributed by atoms with Gasteiger partial charge in [-0.2, -0.15) is 0 Å². The molecule has 0 saturated heterocycles. The van der Waals surface area contributed by atoms with Gasteiger partial charge in [-0.05, 0) is 12.5 Å². The number of aliphatic carboxylic acids is 2. The van der Waals surface area contributed by atoms with Crippen LogP contribution in [-0.4, -0.2) is 43.4 Å². The second kappa shape index (κ2) is 6.16. The third-order valence-electron chi connectivity index (χ3n) is 1.85. The van der Waals surface area contributed by atoms with E-state index in [1.807, 2.05) is 0 Å². The van der Waals surface area contributed by atoms with Crippen LogP contribution in [0.5, 0.6) is 0 Å². The van der Waals surface area contributed by atoms with Crippen LogP contribution in [0.3, 0.4) is 0 Å². The van der Waals surface area contributed by atoms with E-state index in [2.05, 4.69) is 9.97 Å². The molecule has 0 bridgehead atoms. The summed E-state index contributed by atoms with van der Waals surface area (Å²) >= 11 is 0.877. The third kappa shape index (κ3) is 4.37. The minimum Gasteiger partial charge on any atom is -0.480 e. The number of carboxylic acid groups (broad SMARTS) is 2. The Morgan fingerprint density at radius 2 is 1.88 bits per heavy atom. The van der Waals surface area contributed by atoms with E-state index in [1.165, 1.54) is 12.4 Å². The van der Waals surface area contributed by atoms with E-state index in [0.717, 1.165) is 11.8 Å². The first-order valence-electron chi connectivity index (χ1n) is 4.65. The third-order valence-corrected chi connectivity index (χ3v) is 2.95. The number of thioether (sulfide) groups is 1. The molecule has 4 N–H and O–H groups in total. The van der Waals surface area contributed by atoms with E-state index in [9.17, 15) is 9.59 Å². The Kier molecular flexibility index (Phi) is 4.85. The molecule has 1 aromatic rings. The van der Waals surface area contributed by atoms with Gasteiger partial charge in [-0.3, -0.25) is 9.59 Å². The quantitative estimate of drug-likeness (QED) is 0.473. The summed E-state index contributed by atoms with van der Waals surface area (Å²) in [6, 6.07) is 0.385. The Morgan fingerprint density at radius 1 is 1.29 bits per heavy atom. The molecule has 0 fully saturated rings. The van der Waals surface area contributed by atoms with Gasteiger partial charge in [0, 0.05) is 12.4 Å². The molecule has 0 saturated carbocycles. The van der Waals surface area contributed by atoms with E-state index in [-0.39, 0.29) is 11.6 Å². The van der Waals surface area contributed by atoms with Crippen molar-refractivity contribution in [2.45, 2.75) is 22.9 Å². The monoisotopic (exact) mass is 257 g/mol. The standard InChI is InChI=1S/C9H11N3O4S/c10-5(7(13)14)4-6(8(15)16)17-9-11-2-1-3-12-9/h1-3,5-6H,4,10H2,(H,13,14)(H,15,16). The van der Waals surface area contributed by atoms with Crippen LogP contribution in [0.4, 0.5) is 0 Å². The van der Waals surface area contributed by atoms with Crippen molar-refractivity contribution in [2.24, 2.45) is 5.73 Å². The minimum atomic E-state index is -1.23. The topological polar surface area (TPSA) is 126 Å². The highest BCUT2D eigenvalue weighted by molar-refractivity contribution is 8.00. The molecule has 8 heteroatoms. The summed E-state index contributed by atoms with van der Waals surface area (Å²) in [5.41, 5.74) is 5.29. The highest BCUT2D eigenvalue weighted by atomic mass is 32.2. The summed E-state index contributed by atoms with van der Waals surface area (Å²) in [6.07, 6.45) is 2.77. The molecule has 0 amide bonds. The fourth-order valence-electron chi connectivity index (χ4n) is 1.00. The Labute approximate surface area is 101 Å². The first-order valence-corrected chi connectivity index (χ1v) is 5.53. The lowest BCUT2D eigenvalue weighted by molar-refractivity contribution is -0.139. The van der Waals surface area contributed by atoms with Gasteiger partial charge in [0.05, 0.1) is 0 Å². The predicted octanol–water partition coefficient (Wildman–Crippen LogP) is -0.176. The number of hydrogen-bond acceptors (Lipinski definition) is 6. The number of hydrogen-bond donors (Lipinski definition) is 3. The molecular formula is C9H11N3O4S. The van der Waals surface area contributed by atoms with E-state index >= 15 is 0 Å². The van der Waals surface area contributed by atoms with Gasteiger partial charge in [0.2, 0.25) is 0 Å². The summed E-state index contributed by atoms with van der Waals surface area (Å²) in [4.78, 5) is 29.2. The summed E-state index contributed by atoms with van der Waals surface area (Å²) in [5, 5.41) is 16.9. The molecule has 7 nitrogen and oxygen atoms in total. The zero-order chi connectivity index (χ0) is 12.8. The molecule has 92 valence electrons. The van der Waals surface area contributed by atoms with Crippen molar-refractivity contribution in [3.8, 4) is 0 Å². The summed E-state index contributed by atoms with van der Waals surface area (Å²) in [5.74, 6) is -2.37. The number of carbonyl (C=O) groups is 2. The van der Waals surface area contributed by atoms with Gasteiger partial charge in [0.25, 0.3) is 0 Å². The molecule has 0 spiro atoms. The van der Waals surface area contributed by atoms with E-state index in [4.69, 9.17) is 15.9 Å². The average Bonchev–Trinajstić information content (AvgIpc) is 2.29. The van der Waals surface area contributed by atoms with Crippen LogP contribution in [-0.2, 0) is 9.59 Å². The lowest BCUT2D eigenvalue weighted by Crippen LogP contribution is -2.35. The molecule has 0 aliphatic carbocycles. The number of aromatic nitrogens is 2. The largest absolute Gasteiger partial charge is 0.480 e. The van der Waals surface area contributed by atoms with Crippen molar-refractivity contribution in [2.75, 3.05) is 0 Å². The van der Waals surface area contributed by atoms with Gasteiger partial charge in [0.1, 0.15) is 11.3 Å². The van der Waals surface area contributed by atoms with Crippen LogP contribution >= 0.6 is 11.8 Å². The Balaban J connectivity index is 2.67. The Hall–Kier alpha value is -1.67. The molecule has 1 aromatic heterocycles. The Morgan fingerprint density at radius 3 is 2.35 bits per heavy atom. The molecule has 1 rings (SSSR count). The van der Waals surface area contributed by atoms with E-state index in [1.54, 1.807) is 6.07 Å². The summed E-state index contributed by atoms with van der Waals surface area (Å²) in [7, 11) is 0. The maximum Gasteiger partial charge on any atom is 0.320 e. The van der Waals surface area contributed by atoms with Crippen molar-refractivity contribution in [1.29, 1.82) is 0 Å². The maximum absolute atomic E-state index is 10.9. The molecule has 2 unspecified atom stereocenters. The molecule has 0 aromatic carbocycles. The zero-order valence-corrected chi connectivity index (χ0v) is 9.50. The SMILES string of the molecule is NC(CC(Sc1ncccn1)C(=O)O)C(=O)O. The van der Waals surface area contributed by atoms with Gasteiger partial charge in [-0.25, -0.2) is 9.97 Å². The van der Waals surface area contributed by atoms with E-state index in [0.29, 0.717) is 0 Å². The lowest BCUT2D eigenvalue weighted by atomic mass is 10.2. The van der Waals surface area contributed by atoms with Crippen LogP contribution < -0.4 is 5.73 Å². The van der Waals surface area contributed by atoms with Crippen LogP contribution in [0.2, 0.25) is 0 Å². The second-order valence-electron chi connectivity index (χ2n) is 3.16. The molecule has 0 radical (unpaired) electrons. The number of carboxylic acids is 2. The minimum absolute atomic E-state index is 0.187. The molecule has 0 aliphatic heterocycles.